The Labute approximate surface area is 131 Å². The van der Waals surface area contributed by atoms with Crippen molar-refractivity contribution < 1.29 is 4.74 Å². The lowest BCUT2D eigenvalue weighted by atomic mass is 10.2. The maximum absolute atomic E-state index is 5.98. The first-order valence-electron chi connectivity index (χ1n) is 6.28. The van der Waals surface area contributed by atoms with Crippen LogP contribution in [0.5, 0.6) is 5.75 Å². The van der Waals surface area contributed by atoms with Gasteiger partial charge in [0.2, 0.25) is 5.28 Å². The molecule has 5 nitrogen and oxygen atoms in total. The Morgan fingerprint density at radius 3 is 2.71 bits per heavy atom. The van der Waals surface area contributed by atoms with Crippen molar-refractivity contribution in [3.05, 3.63) is 41.3 Å². The van der Waals surface area contributed by atoms with Crippen LogP contribution in [0.1, 0.15) is 5.56 Å². The Hall–Kier alpha value is -1.79. The van der Waals surface area contributed by atoms with Gasteiger partial charge in [-0.05, 0) is 29.3 Å². The summed E-state index contributed by atoms with van der Waals surface area (Å²) in [4.78, 5) is 8.50. The van der Waals surface area contributed by atoms with Crippen LogP contribution in [0.25, 0.3) is 11.0 Å². The fourth-order valence-corrected chi connectivity index (χ4v) is 3.12. The second-order valence-corrected chi connectivity index (χ2v) is 5.74. The summed E-state index contributed by atoms with van der Waals surface area (Å²) in [7, 11) is 3.50. The van der Waals surface area contributed by atoms with E-state index in [4.69, 9.17) is 16.3 Å². The molecule has 2 aromatic heterocycles. The van der Waals surface area contributed by atoms with Crippen LogP contribution in [-0.2, 0) is 12.8 Å². The number of ether oxygens (including phenoxy) is 1. The molecule has 108 valence electrons. The zero-order valence-electron chi connectivity index (χ0n) is 11.6. The van der Waals surface area contributed by atoms with E-state index in [9.17, 15) is 0 Å². The Bertz CT molecular complexity index is 772. The molecule has 0 aliphatic heterocycles. The van der Waals surface area contributed by atoms with Crippen molar-refractivity contribution in [2.24, 2.45) is 7.05 Å². The molecule has 7 heteroatoms. The Balaban J connectivity index is 1.84. The number of rotatable bonds is 4. The Morgan fingerprint density at radius 2 is 2.00 bits per heavy atom. The summed E-state index contributed by atoms with van der Waals surface area (Å²) in [6, 6.07) is 7.97. The second kappa shape index (κ2) is 5.91. The van der Waals surface area contributed by atoms with Gasteiger partial charge in [0.25, 0.3) is 0 Å². The highest BCUT2D eigenvalue weighted by Crippen LogP contribution is 2.29. The lowest BCUT2D eigenvalue weighted by Crippen LogP contribution is -1.94. The smallest absolute Gasteiger partial charge is 0.225 e. The van der Waals surface area contributed by atoms with E-state index in [0.717, 1.165) is 27.6 Å². The molecular weight excluding hydrogens is 308 g/mol. The van der Waals surface area contributed by atoms with E-state index in [2.05, 4.69) is 15.1 Å². The number of hydrogen-bond acceptors (Lipinski definition) is 5. The largest absolute Gasteiger partial charge is 0.497 e. The lowest BCUT2D eigenvalue weighted by molar-refractivity contribution is 0.414. The first kappa shape index (κ1) is 14.2. The van der Waals surface area contributed by atoms with Crippen molar-refractivity contribution in [2.45, 2.75) is 10.8 Å². The minimum Gasteiger partial charge on any atom is -0.497 e. The lowest BCUT2D eigenvalue weighted by Gasteiger charge is -2.05. The van der Waals surface area contributed by atoms with Crippen molar-refractivity contribution in [1.29, 1.82) is 0 Å². The number of methoxy groups -OCH3 is 1. The van der Waals surface area contributed by atoms with Gasteiger partial charge in [0, 0.05) is 12.8 Å². The maximum atomic E-state index is 5.98. The van der Waals surface area contributed by atoms with Crippen molar-refractivity contribution in [3.8, 4) is 5.75 Å². The minimum atomic E-state index is 0.239. The van der Waals surface area contributed by atoms with Crippen LogP contribution in [0.2, 0.25) is 5.28 Å². The van der Waals surface area contributed by atoms with Gasteiger partial charge in [-0.15, -0.1) is 11.8 Å². The summed E-state index contributed by atoms with van der Waals surface area (Å²) in [5.74, 6) is 1.64. The molecule has 1 aromatic carbocycles. The summed E-state index contributed by atoms with van der Waals surface area (Å²) in [6.45, 7) is 0. The number of nitrogens with zero attached hydrogens (tertiary/aromatic N) is 4. The molecule has 0 radical (unpaired) electrons. The third kappa shape index (κ3) is 2.96. The molecule has 0 unspecified atom stereocenters. The fraction of sp³-hybridized carbons (Fsp3) is 0.214. The van der Waals surface area contributed by atoms with E-state index >= 15 is 0 Å². The average molecular weight is 321 g/mol. The van der Waals surface area contributed by atoms with Gasteiger partial charge in [-0.25, -0.2) is 4.98 Å². The molecule has 0 fully saturated rings. The van der Waals surface area contributed by atoms with Gasteiger partial charge < -0.3 is 4.74 Å². The third-order valence-electron chi connectivity index (χ3n) is 3.06. The number of thioether (sulfide) groups is 1. The summed E-state index contributed by atoms with van der Waals surface area (Å²) in [6.07, 6.45) is 1.77. The molecule has 0 saturated heterocycles. The molecule has 0 amide bonds. The van der Waals surface area contributed by atoms with E-state index in [0.29, 0.717) is 0 Å². The molecule has 21 heavy (non-hydrogen) atoms. The quantitative estimate of drug-likeness (QED) is 0.419. The molecule has 0 aliphatic rings. The van der Waals surface area contributed by atoms with Crippen LogP contribution in [-0.4, -0.2) is 26.9 Å². The monoisotopic (exact) mass is 320 g/mol. The second-order valence-electron chi connectivity index (χ2n) is 4.44. The van der Waals surface area contributed by atoms with Gasteiger partial charge in [-0.1, -0.05) is 12.1 Å². The molecule has 3 aromatic rings. The van der Waals surface area contributed by atoms with Crippen LogP contribution < -0.4 is 4.74 Å². The molecule has 0 atom stereocenters. The first-order valence-corrected chi connectivity index (χ1v) is 7.64. The predicted octanol–water partition coefficient (Wildman–Crippen LogP) is 3.32. The van der Waals surface area contributed by atoms with E-state index in [1.54, 1.807) is 29.8 Å². The minimum absolute atomic E-state index is 0.239. The summed E-state index contributed by atoms with van der Waals surface area (Å²) in [5.41, 5.74) is 1.93. The third-order valence-corrected chi connectivity index (χ3v) is 4.30. The van der Waals surface area contributed by atoms with Gasteiger partial charge >= 0.3 is 0 Å². The topological polar surface area (TPSA) is 52.8 Å². The van der Waals surface area contributed by atoms with Gasteiger partial charge in [-0.2, -0.15) is 10.1 Å². The van der Waals surface area contributed by atoms with E-state index in [-0.39, 0.29) is 5.28 Å². The molecule has 2 heterocycles. The number of aryl methyl sites for hydroxylation is 1. The molecule has 3 rings (SSSR count). The zero-order valence-corrected chi connectivity index (χ0v) is 13.1. The highest BCUT2D eigenvalue weighted by atomic mass is 35.5. The summed E-state index contributed by atoms with van der Waals surface area (Å²) >= 11 is 7.60. The highest BCUT2D eigenvalue weighted by Gasteiger charge is 2.11. The van der Waals surface area contributed by atoms with Crippen molar-refractivity contribution >= 4 is 34.4 Å². The first-order chi connectivity index (χ1) is 10.2. The number of hydrogen-bond donors (Lipinski definition) is 0. The van der Waals surface area contributed by atoms with Gasteiger partial charge in [-0.3, -0.25) is 4.68 Å². The normalized spacial score (nSPS) is 11.0. The number of fused-ring (bicyclic) bond motifs is 1. The summed E-state index contributed by atoms with van der Waals surface area (Å²) < 4.78 is 6.85. The van der Waals surface area contributed by atoms with Crippen molar-refractivity contribution in [2.75, 3.05) is 7.11 Å². The van der Waals surface area contributed by atoms with E-state index < -0.39 is 0 Å². The molecule has 0 spiro atoms. The SMILES string of the molecule is COc1ccc(CSc2nc(Cl)nc3c2cnn3C)cc1. The molecule has 0 saturated carbocycles. The Morgan fingerprint density at radius 1 is 1.24 bits per heavy atom. The number of benzene rings is 1. The standard InChI is InChI=1S/C14H13ClN4OS/c1-19-12-11(7-16-19)13(18-14(15)17-12)21-8-9-3-5-10(20-2)6-4-9/h3-7H,8H2,1-2H3. The molecular formula is C14H13ClN4OS. The maximum Gasteiger partial charge on any atom is 0.225 e. The highest BCUT2D eigenvalue weighted by molar-refractivity contribution is 7.98. The van der Waals surface area contributed by atoms with Crippen LogP contribution in [0.3, 0.4) is 0 Å². The van der Waals surface area contributed by atoms with Crippen LogP contribution in [0, 0.1) is 0 Å². The summed E-state index contributed by atoms with van der Waals surface area (Å²) in [5, 5.41) is 6.20. The molecule has 0 bridgehead atoms. The van der Waals surface area contributed by atoms with E-state index in [1.807, 2.05) is 31.3 Å². The van der Waals surface area contributed by atoms with Gasteiger partial charge in [0.15, 0.2) is 5.65 Å². The number of halogens is 1. The molecule has 0 aliphatic carbocycles. The van der Waals surface area contributed by atoms with Crippen molar-refractivity contribution in [1.82, 2.24) is 19.7 Å². The number of aromatic nitrogens is 4. The molecule has 0 N–H and O–H groups in total. The van der Waals surface area contributed by atoms with Crippen LogP contribution in [0.4, 0.5) is 0 Å². The van der Waals surface area contributed by atoms with E-state index in [1.165, 1.54) is 5.56 Å². The zero-order chi connectivity index (χ0) is 14.8. The predicted molar refractivity (Wildman–Crippen MR) is 83.9 cm³/mol. The average Bonchev–Trinajstić information content (AvgIpc) is 2.87. The van der Waals surface area contributed by atoms with Gasteiger partial charge in [0.1, 0.15) is 10.8 Å². The van der Waals surface area contributed by atoms with Crippen LogP contribution in [0.15, 0.2) is 35.5 Å². The fourth-order valence-electron chi connectivity index (χ4n) is 1.95. The van der Waals surface area contributed by atoms with Crippen LogP contribution >= 0.6 is 23.4 Å². The van der Waals surface area contributed by atoms with Crippen molar-refractivity contribution in [3.63, 3.8) is 0 Å². The Kier molecular flexibility index (Phi) is 3.98. The van der Waals surface area contributed by atoms with Gasteiger partial charge in [0.05, 0.1) is 18.7 Å².